The van der Waals surface area contributed by atoms with Crippen molar-refractivity contribution >= 4 is 47.6 Å². The topological polar surface area (TPSA) is 60.5 Å². The summed E-state index contributed by atoms with van der Waals surface area (Å²) in [6.45, 7) is 13.5. The predicted molar refractivity (Wildman–Crippen MR) is 116 cm³/mol. The minimum Gasteiger partial charge on any atom is -0.543 e. The second-order valence-corrected chi connectivity index (χ2v) is 15.2. The number of carbonyl (C=O) groups excluding carboxylic acids is 1. The van der Waals surface area contributed by atoms with Gasteiger partial charge in [-0.3, -0.25) is 10.1 Å². The Bertz CT molecular complexity index is 832. The Hall–Kier alpha value is -1.09. The molecule has 2 aromatic rings. The summed E-state index contributed by atoms with van der Waals surface area (Å²) in [5.41, 5.74) is 0.972. The number of aromatic nitrogens is 1. The fourth-order valence-electron chi connectivity index (χ4n) is 2.54. The van der Waals surface area contributed by atoms with Crippen molar-refractivity contribution in [3.05, 3.63) is 23.2 Å². The van der Waals surface area contributed by atoms with Gasteiger partial charge in [0.15, 0.2) is 0 Å². The molecule has 27 heavy (non-hydrogen) atoms. The summed E-state index contributed by atoms with van der Waals surface area (Å²) < 4.78 is 12.6. The van der Waals surface area contributed by atoms with E-state index in [1.54, 1.807) is 23.1 Å². The van der Waals surface area contributed by atoms with Gasteiger partial charge in [0, 0.05) is 5.75 Å². The Labute approximate surface area is 170 Å². The van der Waals surface area contributed by atoms with Gasteiger partial charge in [0.05, 0.1) is 16.8 Å². The van der Waals surface area contributed by atoms with E-state index in [2.05, 4.69) is 45.2 Å². The summed E-state index contributed by atoms with van der Waals surface area (Å²) in [7, 11) is -1.87. The Morgan fingerprint density at radius 2 is 2.11 bits per heavy atom. The number of rotatable bonds is 5. The zero-order valence-corrected chi connectivity index (χ0v) is 19.4. The summed E-state index contributed by atoms with van der Waals surface area (Å²) in [5, 5.41) is 4.52. The smallest absolute Gasteiger partial charge is 0.324 e. The van der Waals surface area contributed by atoms with Gasteiger partial charge in [-0.2, -0.15) is 0 Å². The van der Waals surface area contributed by atoms with Crippen molar-refractivity contribution in [1.29, 1.82) is 0 Å². The Kier molecular flexibility index (Phi) is 5.91. The zero-order chi connectivity index (χ0) is 19.8. The van der Waals surface area contributed by atoms with Crippen molar-refractivity contribution in [3.63, 3.8) is 0 Å². The van der Waals surface area contributed by atoms with Crippen LogP contribution < -0.4 is 9.74 Å². The first-order valence-corrected chi connectivity index (χ1v) is 14.0. The van der Waals surface area contributed by atoms with Gasteiger partial charge in [-0.15, -0.1) is 23.1 Å². The van der Waals surface area contributed by atoms with Crippen molar-refractivity contribution in [1.82, 2.24) is 10.3 Å². The third-order valence-electron chi connectivity index (χ3n) is 5.13. The SMILES string of the molecule is CCOC(=O)[C@@H]1CS[C@@H](c2nc3ccc(O[Si](C)(C)C(C)(C)C)cc3s2)N1. The maximum Gasteiger partial charge on any atom is 0.324 e. The van der Waals surface area contributed by atoms with Gasteiger partial charge in [0.2, 0.25) is 8.32 Å². The second-order valence-electron chi connectivity index (χ2n) is 8.23. The van der Waals surface area contributed by atoms with E-state index in [9.17, 15) is 4.79 Å². The average molecular weight is 425 g/mol. The molecule has 8 heteroatoms. The summed E-state index contributed by atoms with van der Waals surface area (Å²) in [6.07, 6.45) is 0. The van der Waals surface area contributed by atoms with Crippen LogP contribution >= 0.6 is 23.1 Å². The second kappa shape index (κ2) is 7.73. The summed E-state index contributed by atoms with van der Waals surface area (Å²) >= 11 is 3.36. The zero-order valence-electron chi connectivity index (χ0n) is 16.8. The molecule has 0 bridgehead atoms. The van der Waals surface area contributed by atoms with Crippen LogP contribution in [-0.2, 0) is 9.53 Å². The van der Waals surface area contributed by atoms with Gasteiger partial charge in [-0.05, 0) is 43.3 Å². The van der Waals surface area contributed by atoms with Crippen LogP contribution in [-0.4, -0.2) is 37.7 Å². The van der Waals surface area contributed by atoms with Crippen LogP contribution in [0.3, 0.4) is 0 Å². The number of esters is 1. The number of carbonyl (C=O) groups is 1. The number of thioether (sulfide) groups is 1. The average Bonchev–Trinajstić information content (AvgIpc) is 3.20. The quantitative estimate of drug-likeness (QED) is 0.541. The number of hydrogen-bond donors (Lipinski definition) is 1. The Morgan fingerprint density at radius 1 is 1.37 bits per heavy atom. The van der Waals surface area contributed by atoms with Crippen molar-refractivity contribution in [2.45, 2.75) is 57.2 Å². The molecule has 0 amide bonds. The van der Waals surface area contributed by atoms with Crippen LogP contribution in [0.2, 0.25) is 18.1 Å². The highest BCUT2D eigenvalue weighted by Gasteiger charge is 2.39. The lowest BCUT2D eigenvalue weighted by molar-refractivity contribution is -0.144. The first-order chi connectivity index (χ1) is 12.6. The van der Waals surface area contributed by atoms with Crippen LogP contribution in [0, 0.1) is 0 Å². The van der Waals surface area contributed by atoms with Gasteiger partial charge < -0.3 is 9.16 Å². The number of nitrogens with one attached hydrogen (secondary N) is 1. The lowest BCUT2D eigenvalue weighted by Crippen LogP contribution is -2.43. The van der Waals surface area contributed by atoms with Crippen LogP contribution in [0.25, 0.3) is 10.2 Å². The van der Waals surface area contributed by atoms with Gasteiger partial charge in [-0.1, -0.05) is 20.8 Å². The van der Waals surface area contributed by atoms with Crippen molar-refractivity contribution in [2.75, 3.05) is 12.4 Å². The van der Waals surface area contributed by atoms with E-state index in [0.717, 1.165) is 21.0 Å². The normalized spacial score (nSPS) is 20.8. The first-order valence-electron chi connectivity index (χ1n) is 9.24. The molecular formula is C19H28N2O3S2Si. The molecule has 0 saturated carbocycles. The Balaban J connectivity index is 1.76. The van der Waals surface area contributed by atoms with E-state index in [-0.39, 0.29) is 22.4 Å². The number of benzene rings is 1. The maximum absolute atomic E-state index is 11.9. The van der Waals surface area contributed by atoms with E-state index in [1.807, 2.05) is 19.1 Å². The van der Waals surface area contributed by atoms with Gasteiger partial charge in [0.25, 0.3) is 0 Å². The number of fused-ring (bicyclic) bond motifs is 1. The van der Waals surface area contributed by atoms with E-state index in [0.29, 0.717) is 12.4 Å². The van der Waals surface area contributed by atoms with Crippen LogP contribution in [0.1, 0.15) is 38.1 Å². The van der Waals surface area contributed by atoms with E-state index >= 15 is 0 Å². The van der Waals surface area contributed by atoms with Crippen molar-refractivity contribution in [3.8, 4) is 5.75 Å². The molecule has 0 radical (unpaired) electrons. The van der Waals surface area contributed by atoms with Crippen LogP contribution in [0.15, 0.2) is 18.2 Å². The molecule has 1 N–H and O–H groups in total. The molecule has 3 rings (SSSR count). The highest BCUT2D eigenvalue weighted by atomic mass is 32.2. The van der Waals surface area contributed by atoms with E-state index < -0.39 is 8.32 Å². The fourth-order valence-corrected chi connectivity index (χ4v) is 5.92. The largest absolute Gasteiger partial charge is 0.543 e. The first kappa shape index (κ1) is 20.6. The molecule has 1 fully saturated rings. The standard InChI is InChI=1S/C19H28N2O3S2Si/c1-7-23-18(22)14-11-25-16(21-14)17-20-13-9-8-12(10-15(13)26-17)24-27(5,6)19(2,3)4/h8-10,14,16,21H,7,11H2,1-6H3/t14-,16-/m0/s1. The third kappa shape index (κ3) is 4.50. The molecule has 0 spiro atoms. The number of hydrogen-bond acceptors (Lipinski definition) is 7. The number of nitrogens with zero attached hydrogens (tertiary/aromatic N) is 1. The molecule has 148 valence electrons. The predicted octanol–water partition coefficient (Wildman–Crippen LogP) is 4.95. The third-order valence-corrected chi connectivity index (χ3v) is 11.9. The van der Waals surface area contributed by atoms with Crippen molar-refractivity contribution < 1.29 is 14.0 Å². The summed E-state index contributed by atoms with van der Waals surface area (Å²) in [4.78, 5) is 16.7. The summed E-state index contributed by atoms with van der Waals surface area (Å²) in [6, 6.07) is 5.88. The van der Waals surface area contributed by atoms with Crippen LogP contribution in [0.5, 0.6) is 5.75 Å². The van der Waals surface area contributed by atoms with Gasteiger partial charge >= 0.3 is 5.97 Å². The molecule has 0 aliphatic carbocycles. The molecule has 5 nitrogen and oxygen atoms in total. The molecule has 1 aromatic carbocycles. The van der Waals surface area contributed by atoms with Gasteiger partial charge in [0.1, 0.15) is 22.2 Å². The maximum atomic E-state index is 11.9. The Morgan fingerprint density at radius 3 is 2.78 bits per heavy atom. The highest BCUT2D eigenvalue weighted by molar-refractivity contribution is 7.99. The van der Waals surface area contributed by atoms with Crippen molar-refractivity contribution in [2.24, 2.45) is 0 Å². The minimum absolute atomic E-state index is 0.0292. The minimum atomic E-state index is -1.87. The molecule has 1 aliphatic rings. The van der Waals surface area contributed by atoms with Crippen LogP contribution in [0.4, 0.5) is 0 Å². The molecule has 1 aromatic heterocycles. The number of ether oxygens (including phenoxy) is 1. The van der Waals surface area contributed by atoms with E-state index in [1.165, 1.54) is 0 Å². The molecule has 1 aliphatic heterocycles. The van der Waals surface area contributed by atoms with E-state index in [4.69, 9.17) is 14.1 Å². The molecule has 0 unspecified atom stereocenters. The number of thiazole rings is 1. The molecule has 2 atom stereocenters. The molecule has 2 heterocycles. The highest BCUT2D eigenvalue weighted by Crippen LogP contribution is 2.40. The van der Waals surface area contributed by atoms with Gasteiger partial charge in [-0.25, -0.2) is 4.98 Å². The molecular weight excluding hydrogens is 396 g/mol. The fraction of sp³-hybridized carbons (Fsp3) is 0.579. The summed E-state index contributed by atoms with van der Waals surface area (Å²) in [5.74, 6) is 1.44. The molecule has 1 saturated heterocycles. The lowest BCUT2D eigenvalue weighted by Gasteiger charge is -2.36. The monoisotopic (exact) mass is 424 g/mol. The lowest BCUT2D eigenvalue weighted by atomic mass is 10.2.